The van der Waals surface area contributed by atoms with E-state index < -0.39 is 45.2 Å². The van der Waals surface area contributed by atoms with Gasteiger partial charge >= 0.3 is 12.0 Å². The molecule has 1 aliphatic rings. The number of aliphatic carboxylic acids is 1. The van der Waals surface area contributed by atoms with Crippen molar-refractivity contribution in [3.8, 4) is 0 Å². The van der Waals surface area contributed by atoms with Crippen molar-refractivity contribution < 1.29 is 27.3 Å². The molecule has 2 N–H and O–H groups in total. The van der Waals surface area contributed by atoms with E-state index in [-0.39, 0.29) is 30.2 Å². The summed E-state index contributed by atoms with van der Waals surface area (Å²) in [7, 11) is -4.24. The molecule has 1 rings (SSSR count). The van der Waals surface area contributed by atoms with Crippen LogP contribution < -0.4 is 5.32 Å². The summed E-state index contributed by atoms with van der Waals surface area (Å²) in [4.78, 5) is 23.9. The maximum absolute atomic E-state index is 12.0. The fraction of sp³-hybridized carbons (Fsp3) is 0.818. The van der Waals surface area contributed by atoms with Gasteiger partial charge in [0.1, 0.15) is 6.54 Å². The molecule has 1 fully saturated rings. The molecule has 0 aliphatic carbocycles. The number of amides is 2. The van der Waals surface area contributed by atoms with Gasteiger partial charge in [0.25, 0.3) is 0 Å². The number of nitrogens with zero attached hydrogens (tertiary/aromatic N) is 1. The van der Waals surface area contributed by atoms with Crippen LogP contribution in [0.4, 0.5) is 4.79 Å². The number of nitrogens with one attached hydrogen (secondary N) is 1. The third-order valence-electron chi connectivity index (χ3n) is 3.14. The van der Waals surface area contributed by atoms with Crippen LogP contribution in [0.1, 0.15) is 13.3 Å². The van der Waals surface area contributed by atoms with Gasteiger partial charge in [-0.05, 0) is 6.42 Å². The van der Waals surface area contributed by atoms with Gasteiger partial charge in [0.05, 0.1) is 11.5 Å². The molecule has 0 saturated carbocycles. The summed E-state index contributed by atoms with van der Waals surface area (Å²) >= 11 is 0. The zero-order valence-corrected chi connectivity index (χ0v) is 13.4. The molecule has 21 heavy (non-hydrogen) atoms. The van der Waals surface area contributed by atoms with Crippen molar-refractivity contribution >= 4 is 32.6 Å². The Morgan fingerprint density at radius 2 is 2.10 bits per heavy atom. The van der Waals surface area contributed by atoms with Gasteiger partial charge < -0.3 is 15.3 Å². The van der Waals surface area contributed by atoms with Gasteiger partial charge in [-0.1, -0.05) is 6.92 Å². The second-order valence-corrected chi connectivity index (χ2v) is 8.84. The highest BCUT2D eigenvalue weighted by atomic mass is 32.2. The van der Waals surface area contributed by atoms with Crippen LogP contribution in [0.15, 0.2) is 0 Å². The maximum Gasteiger partial charge on any atom is 0.323 e. The molecule has 0 radical (unpaired) electrons. The first kappa shape index (κ1) is 17.9. The minimum absolute atomic E-state index is 0.0408. The lowest BCUT2D eigenvalue weighted by Gasteiger charge is -2.26. The van der Waals surface area contributed by atoms with Crippen molar-refractivity contribution in [1.82, 2.24) is 10.2 Å². The summed E-state index contributed by atoms with van der Waals surface area (Å²) in [6.07, 6.45) is 0.240. The Morgan fingerprint density at radius 1 is 1.43 bits per heavy atom. The highest BCUT2D eigenvalue weighted by Gasteiger charge is 2.35. The monoisotopic (exact) mass is 340 g/mol. The molecule has 8 nitrogen and oxygen atoms in total. The topological polar surface area (TPSA) is 121 Å². The van der Waals surface area contributed by atoms with Crippen LogP contribution >= 0.6 is 0 Å². The number of carbonyl (C=O) groups is 2. The van der Waals surface area contributed by atoms with Crippen LogP contribution in [0.2, 0.25) is 0 Å². The number of hydrogen-bond acceptors (Lipinski definition) is 5. The quantitative estimate of drug-likeness (QED) is 0.616. The lowest BCUT2D eigenvalue weighted by Crippen LogP contribution is -2.49. The van der Waals surface area contributed by atoms with Crippen LogP contribution in [0, 0.1) is 0 Å². The Hall–Kier alpha value is -1.16. The number of rotatable bonds is 7. The Bertz CT molecular complexity index is 519. The minimum Gasteiger partial charge on any atom is -0.480 e. The molecular weight excluding hydrogens is 320 g/mol. The lowest BCUT2D eigenvalue weighted by molar-refractivity contribution is -0.138. The van der Waals surface area contributed by atoms with Crippen LogP contribution in [-0.2, 0) is 25.4 Å². The van der Waals surface area contributed by atoms with Crippen LogP contribution in [-0.4, -0.2) is 76.8 Å². The number of carbonyl (C=O) groups excluding carboxylic acids is 1. The predicted octanol–water partition coefficient (Wildman–Crippen LogP) is -0.962. The molecule has 0 aromatic rings. The summed E-state index contributed by atoms with van der Waals surface area (Å²) in [6.45, 7) is 1.37. The van der Waals surface area contributed by atoms with Crippen molar-refractivity contribution in [3.05, 3.63) is 0 Å². The van der Waals surface area contributed by atoms with E-state index in [9.17, 15) is 22.2 Å². The molecule has 0 bridgehead atoms. The second-order valence-electron chi connectivity index (χ2n) is 4.74. The number of carboxylic acid groups (broad SMARTS) is 1. The van der Waals surface area contributed by atoms with E-state index in [0.29, 0.717) is 5.75 Å². The minimum atomic E-state index is -3.21. The normalized spacial score (nSPS) is 21.7. The van der Waals surface area contributed by atoms with E-state index in [1.807, 2.05) is 0 Å². The van der Waals surface area contributed by atoms with Crippen molar-refractivity contribution in [3.63, 3.8) is 0 Å². The van der Waals surface area contributed by atoms with E-state index in [2.05, 4.69) is 5.32 Å². The van der Waals surface area contributed by atoms with E-state index in [0.717, 1.165) is 4.90 Å². The largest absolute Gasteiger partial charge is 0.480 e. The van der Waals surface area contributed by atoms with Gasteiger partial charge in [-0.3, -0.25) is 9.00 Å². The van der Waals surface area contributed by atoms with Gasteiger partial charge in [0, 0.05) is 34.9 Å². The van der Waals surface area contributed by atoms with E-state index in [1.54, 1.807) is 6.92 Å². The number of urea groups is 1. The predicted molar refractivity (Wildman–Crippen MR) is 78.3 cm³/mol. The number of carboxylic acids is 1. The van der Waals surface area contributed by atoms with Crippen LogP contribution in [0.5, 0.6) is 0 Å². The Morgan fingerprint density at radius 3 is 2.57 bits per heavy atom. The van der Waals surface area contributed by atoms with Crippen molar-refractivity contribution in [2.75, 3.05) is 36.1 Å². The molecule has 1 aliphatic heterocycles. The van der Waals surface area contributed by atoms with Gasteiger partial charge in [-0.15, -0.1) is 0 Å². The third-order valence-corrected chi connectivity index (χ3v) is 6.20. The SMILES string of the molecule is CCS(=O)CCNC(=O)N(CC(=O)O)C1CCS(=O)(=O)C1. The zero-order valence-electron chi connectivity index (χ0n) is 11.8. The number of sulfone groups is 1. The van der Waals surface area contributed by atoms with Gasteiger partial charge in [-0.25, -0.2) is 13.2 Å². The molecule has 1 heterocycles. The standard InChI is InChI=1S/C11H20N2O6S2/c1-2-20(17)5-4-12-11(16)13(7-10(14)15)9-3-6-21(18,19)8-9/h9H,2-8H2,1H3,(H,12,16)(H,14,15). The highest BCUT2D eigenvalue weighted by Crippen LogP contribution is 2.17. The van der Waals surface area contributed by atoms with E-state index in [1.165, 1.54) is 0 Å². The average Bonchev–Trinajstić information content (AvgIpc) is 2.75. The summed E-state index contributed by atoms with van der Waals surface area (Å²) in [6, 6.07) is -1.25. The third kappa shape index (κ3) is 6.00. The Kier molecular flexibility index (Phi) is 6.59. The first-order valence-corrected chi connectivity index (χ1v) is 9.87. The fourth-order valence-corrected chi connectivity index (χ4v) is 4.40. The summed E-state index contributed by atoms with van der Waals surface area (Å²) in [5, 5.41) is 11.3. The highest BCUT2D eigenvalue weighted by molar-refractivity contribution is 7.91. The molecule has 1 saturated heterocycles. The first-order chi connectivity index (χ1) is 9.75. The summed E-state index contributed by atoms with van der Waals surface area (Å²) in [5.41, 5.74) is 0. The van der Waals surface area contributed by atoms with Crippen LogP contribution in [0.25, 0.3) is 0 Å². The molecule has 0 aromatic carbocycles. The Balaban J connectivity index is 2.62. The van der Waals surface area contributed by atoms with Crippen molar-refractivity contribution in [2.24, 2.45) is 0 Å². The smallest absolute Gasteiger partial charge is 0.323 e. The maximum atomic E-state index is 12.0. The molecular formula is C11H20N2O6S2. The first-order valence-electron chi connectivity index (χ1n) is 6.57. The van der Waals surface area contributed by atoms with Gasteiger partial charge in [-0.2, -0.15) is 0 Å². The van der Waals surface area contributed by atoms with Gasteiger partial charge in [0.2, 0.25) is 0 Å². The van der Waals surface area contributed by atoms with E-state index in [4.69, 9.17) is 5.11 Å². The molecule has 2 amide bonds. The molecule has 2 unspecified atom stereocenters. The summed E-state index contributed by atoms with van der Waals surface area (Å²) < 4.78 is 34.2. The molecule has 10 heteroatoms. The number of hydrogen-bond donors (Lipinski definition) is 2. The van der Waals surface area contributed by atoms with Crippen molar-refractivity contribution in [1.29, 1.82) is 0 Å². The average molecular weight is 340 g/mol. The van der Waals surface area contributed by atoms with E-state index >= 15 is 0 Å². The van der Waals surface area contributed by atoms with Crippen LogP contribution in [0.3, 0.4) is 0 Å². The Labute approximate surface area is 126 Å². The molecule has 122 valence electrons. The molecule has 2 atom stereocenters. The van der Waals surface area contributed by atoms with Gasteiger partial charge in [0.15, 0.2) is 9.84 Å². The molecule has 0 spiro atoms. The zero-order chi connectivity index (χ0) is 16.0. The van der Waals surface area contributed by atoms with Crippen molar-refractivity contribution in [2.45, 2.75) is 19.4 Å². The summed E-state index contributed by atoms with van der Waals surface area (Å²) in [5.74, 6) is -0.691. The fourth-order valence-electron chi connectivity index (χ4n) is 2.05. The lowest BCUT2D eigenvalue weighted by atomic mass is 10.2. The molecule has 0 aromatic heterocycles. The second kappa shape index (κ2) is 7.74.